The Hall–Kier alpha value is -1.39. The SMILES string of the molecule is CN1CCC(Nc2nnc(Cl)c3ccccc23)CC1. The van der Waals surface area contributed by atoms with E-state index in [1.807, 2.05) is 24.3 Å². The molecule has 0 atom stereocenters. The molecule has 2 aromatic rings. The molecule has 3 rings (SSSR count). The molecule has 1 aromatic heterocycles. The normalized spacial score (nSPS) is 17.8. The first-order valence-corrected chi connectivity index (χ1v) is 6.98. The average molecular weight is 277 g/mol. The zero-order valence-corrected chi connectivity index (χ0v) is 11.7. The highest BCUT2D eigenvalue weighted by Crippen LogP contribution is 2.26. The first-order valence-electron chi connectivity index (χ1n) is 6.60. The van der Waals surface area contributed by atoms with Gasteiger partial charge in [-0.1, -0.05) is 35.9 Å². The zero-order chi connectivity index (χ0) is 13.2. The van der Waals surface area contributed by atoms with Crippen molar-refractivity contribution in [3.8, 4) is 0 Å². The van der Waals surface area contributed by atoms with Crippen molar-refractivity contribution in [1.82, 2.24) is 15.1 Å². The van der Waals surface area contributed by atoms with Crippen LogP contribution >= 0.6 is 11.6 Å². The Kier molecular flexibility index (Phi) is 3.53. The maximum absolute atomic E-state index is 6.08. The maximum atomic E-state index is 6.08. The third kappa shape index (κ3) is 2.65. The predicted octanol–water partition coefficient (Wildman–Crippen LogP) is 2.79. The molecule has 1 saturated heterocycles. The van der Waals surface area contributed by atoms with Gasteiger partial charge in [0.25, 0.3) is 0 Å². The van der Waals surface area contributed by atoms with Crippen molar-refractivity contribution >= 4 is 28.2 Å². The molecule has 0 spiro atoms. The Morgan fingerprint density at radius 1 is 1.16 bits per heavy atom. The highest BCUT2D eigenvalue weighted by Gasteiger charge is 2.18. The van der Waals surface area contributed by atoms with E-state index in [4.69, 9.17) is 11.6 Å². The summed E-state index contributed by atoms with van der Waals surface area (Å²) in [6, 6.07) is 8.45. The van der Waals surface area contributed by atoms with Crippen LogP contribution in [0.2, 0.25) is 5.15 Å². The fourth-order valence-electron chi connectivity index (χ4n) is 2.52. The molecule has 4 nitrogen and oxygen atoms in total. The average Bonchev–Trinajstić information content (AvgIpc) is 2.45. The number of nitrogens with zero attached hydrogens (tertiary/aromatic N) is 3. The van der Waals surface area contributed by atoms with Gasteiger partial charge in [-0.25, -0.2) is 0 Å². The van der Waals surface area contributed by atoms with E-state index in [9.17, 15) is 0 Å². The molecule has 0 unspecified atom stereocenters. The summed E-state index contributed by atoms with van der Waals surface area (Å²) in [7, 11) is 2.16. The van der Waals surface area contributed by atoms with Crippen molar-refractivity contribution in [3.05, 3.63) is 29.4 Å². The van der Waals surface area contributed by atoms with Gasteiger partial charge in [-0.2, -0.15) is 0 Å². The van der Waals surface area contributed by atoms with Crippen LogP contribution in [-0.2, 0) is 0 Å². The van der Waals surface area contributed by atoms with Gasteiger partial charge in [-0.05, 0) is 33.0 Å². The van der Waals surface area contributed by atoms with Crippen LogP contribution in [0.1, 0.15) is 12.8 Å². The number of fused-ring (bicyclic) bond motifs is 1. The van der Waals surface area contributed by atoms with Crippen molar-refractivity contribution in [1.29, 1.82) is 0 Å². The van der Waals surface area contributed by atoms with Crippen LogP contribution in [0, 0.1) is 0 Å². The maximum Gasteiger partial charge on any atom is 0.159 e. The van der Waals surface area contributed by atoms with Crippen LogP contribution in [0.25, 0.3) is 10.8 Å². The summed E-state index contributed by atoms with van der Waals surface area (Å²) in [5.74, 6) is 0.842. The topological polar surface area (TPSA) is 41.0 Å². The van der Waals surface area contributed by atoms with E-state index < -0.39 is 0 Å². The molecular weight excluding hydrogens is 260 g/mol. The van der Waals surface area contributed by atoms with Crippen LogP contribution in [0.3, 0.4) is 0 Å². The molecule has 1 N–H and O–H groups in total. The van der Waals surface area contributed by atoms with E-state index in [2.05, 4.69) is 27.5 Å². The number of rotatable bonds is 2. The van der Waals surface area contributed by atoms with Gasteiger partial charge in [0.15, 0.2) is 11.0 Å². The van der Waals surface area contributed by atoms with Gasteiger partial charge in [0.1, 0.15) is 0 Å². The van der Waals surface area contributed by atoms with Crippen LogP contribution in [0.15, 0.2) is 24.3 Å². The summed E-state index contributed by atoms with van der Waals surface area (Å²) in [4.78, 5) is 2.35. The molecule has 100 valence electrons. The summed E-state index contributed by atoms with van der Waals surface area (Å²) in [5, 5.41) is 14.2. The second kappa shape index (κ2) is 5.31. The second-order valence-corrected chi connectivity index (χ2v) is 5.46. The van der Waals surface area contributed by atoms with Crippen LogP contribution in [0.4, 0.5) is 5.82 Å². The quantitative estimate of drug-likeness (QED) is 0.916. The summed E-state index contributed by atoms with van der Waals surface area (Å²) in [6.45, 7) is 2.24. The smallest absolute Gasteiger partial charge is 0.159 e. The first-order chi connectivity index (χ1) is 9.24. The van der Waals surface area contributed by atoms with E-state index in [0.717, 1.165) is 42.5 Å². The van der Waals surface area contributed by atoms with E-state index >= 15 is 0 Å². The number of hydrogen-bond donors (Lipinski definition) is 1. The molecule has 2 heterocycles. The summed E-state index contributed by atoms with van der Waals surface area (Å²) in [5.41, 5.74) is 0. The van der Waals surface area contributed by atoms with Gasteiger partial charge in [0.2, 0.25) is 0 Å². The lowest BCUT2D eigenvalue weighted by atomic mass is 10.1. The van der Waals surface area contributed by atoms with Gasteiger partial charge in [0, 0.05) is 16.8 Å². The van der Waals surface area contributed by atoms with Crippen molar-refractivity contribution in [3.63, 3.8) is 0 Å². The molecule has 0 radical (unpaired) electrons. The largest absolute Gasteiger partial charge is 0.365 e. The Morgan fingerprint density at radius 3 is 2.58 bits per heavy atom. The molecule has 5 heteroatoms. The number of piperidine rings is 1. The van der Waals surface area contributed by atoms with Crippen molar-refractivity contribution < 1.29 is 0 Å². The monoisotopic (exact) mass is 276 g/mol. The molecule has 0 bridgehead atoms. The minimum Gasteiger partial charge on any atom is -0.365 e. The molecule has 1 aromatic carbocycles. The molecule has 19 heavy (non-hydrogen) atoms. The van der Waals surface area contributed by atoms with Crippen LogP contribution in [0.5, 0.6) is 0 Å². The fourth-order valence-corrected chi connectivity index (χ4v) is 2.73. The number of benzene rings is 1. The molecule has 0 saturated carbocycles. The minimum atomic E-state index is 0.463. The van der Waals surface area contributed by atoms with Crippen molar-refractivity contribution in [2.75, 3.05) is 25.5 Å². The van der Waals surface area contributed by atoms with E-state index in [0.29, 0.717) is 11.2 Å². The van der Waals surface area contributed by atoms with Crippen molar-refractivity contribution in [2.24, 2.45) is 0 Å². The number of likely N-dealkylation sites (tertiary alicyclic amines) is 1. The van der Waals surface area contributed by atoms with Gasteiger partial charge in [-0.15, -0.1) is 10.2 Å². The van der Waals surface area contributed by atoms with Crippen LogP contribution < -0.4 is 5.32 Å². The van der Waals surface area contributed by atoms with Gasteiger partial charge >= 0.3 is 0 Å². The summed E-state index contributed by atoms with van der Waals surface area (Å²) in [6.07, 6.45) is 2.27. The number of nitrogens with one attached hydrogen (secondary N) is 1. The Morgan fingerprint density at radius 2 is 1.84 bits per heavy atom. The van der Waals surface area contributed by atoms with Gasteiger partial charge in [0.05, 0.1) is 0 Å². The molecule has 1 aliphatic heterocycles. The number of aromatic nitrogens is 2. The minimum absolute atomic E-state index is 0.463. The van der Waals surface area contributed by atoms with Gasteiger partial charge in [-0.3, -0.25) is 0 Å². The molecular formula is C14H17ClN4. The second-order valence-electron chi connectivity index (χ2n) is 5.11. The Labute approximate surface area is 117 Å². The molecule has 0 amide bonds. The lowest BCUT2D eigenvalue weighted by Crippen LogP contribution is -2.36. The highest BCUT2D eigenvalue weighted by molar-refractivity contribution is 6.34. The lowest BCUT2D eigenvalue weighted by Gasteiger charge is -2.29. The number of hydrogen-bond acceptors (Lipinski definition) is 4. The summed E-state index contributed by atoms with van der Waals surface area (Å²) >= 11 is 6.08. The predicted molar refractivity (Wildman–Crippen MR) is 78.7 cm³/mol. The lowest BCUT2D eigenvalue weighted by molar-refractivity contribution is 0.263. The third-order valence-corrected chi connectivity index (χ3v) is 3.98. The fraction of sp³-hybridized carbons (Fsp3) is 0.429. The standard InChI is InChI=1S/C14H17ClN4/c1-19-8-6-10(7-9-19)16-14-12-5-3-2-4-11(12)13(15)17-18-14/h2-5,10H,6-9H2,1H3,(H,16,18). The highest BCUT2D eigenvalue weighted by atomic mass is 35.5. The Bertz CT molecular complexity index is 579. The molecule has 0 aliphatic carbocycles. The van der Waals surface area contributed by atoms with E-state index in [-0.39, 0.29) is 0 Å². The van der Waals surface area contributed by atoms with Crippen molar-refractivity contribution in [2.45, 2.75) is 18.9 Å². The van der Waals surface area contributed by atoms with Crippen LogP contribution in [-0.4, -0.2) is 41.3 Å². The number of anilines is 1. The van der Waals surface area contributed by atoms with E-state index in [1.165, 1.54) is 0 Å². The first kappa shape index (κ1) is 12.6. The molecule has 1 fully saturated rings. The number of halogens is 1. The zero-order valence-electron chi connectivity index (χ0n) is 10.9. The van der Waals surface area contributed by atoms with Gasteiger partial charge < -0.3 is 10.2 Å². The third-order valence-electron chi connectivity index (χ3n) is 3.70. The van der Waals surface area contributed by atoms with E-state index in [1.54, 1.807) is 0 Å². The molecule has 1 aliphatic rings. The summed E-state index contributed by atoms with van der Waals surface area (Å²) < 4.78 is 0. The Balaban J connectivity index is 1.87.